The minimum atomic E-state index is -0.294. The van der Waals surface area contributed by atoms with E-state index in [1.807, 2.05) is 65.7 Å². The zero-order chi connectivity index (χ0) is 20.4. The van der Waals surface area contributed by atoms with E-state index < -0.39 is 0 Å². The largest absolute Gasteiger partial charge is 0.445 e. The highest BCUT2D eigenvalue weighted by molar-refractivity contribution is 9.10. The third-order valence-corrected chi connectivity index (χ3v) is 6.20. The summed E-state index contributed by atoms with van der Waals surface area (Å²) >= 11 is 3.46. The molecule has 0 bridgehead atoms. The zero-order valence-corrected chi connectivity index (χ0v) is 18.1. The molecule has 2 heterocycles. The van der Waals surface area contributed by atoms with Gasteiger partial charge in [-0.1, -0.05) is 65.3 Å². The van der Waals surface area contributed by atoms with Crippen molar-refractivity contribution in [3.8, 4) is 11.3 Å². The summed E-state index contributed by atoms with van der Waals surface area (Å²) in [7, 11) is 0. The highest BCUT2D eigenvalue weighted by Gasteiger charge is 2.42. The van der Waals surface area contributed by atoms with Gasteiger partial charge in [-0.3, -0.25) is 4.90 Å². The van der Waals surface area contributed by atoms with E-state index >= 15 is 0 Å². The van der Waals surface area contributed by atoms with Crippen LogP contribution in [-0.2, 0) is 11.3 Å². The van der Waals surface area contributed by atoms with Crippen molar-refractivity contribution in [3.05, 3.63) is 76.7 Å². The molecule has 0 spiro atoms. The van der Waals surface area contributed by atoms with Crippen LogP contribution in [0.1, 0.15) is 37.7 Å². The first-order valence-corrected chi connectivity index (χ1v) is 10.6. The molecule has 4 rings (SSSR count). The molecule has 0 radical (unpaired) electrons. The first kappa shape index (κ1) is 19.7. The maximum absolute atomic E-state index is 12.9. The fourth-order valence-electron chi connectivity index (χ4n) is 3.83. The summed E-state index contributed by atoms with van der Waals surface area (Å²) in [6.45, 7) is 4.51. The molecule has 1 fully saturated rings. The molecule has 1 aromatic heterocycles. The minimum Gasteiger partial charge on any atom is -0.445 e. The molecule has 0 saturated carbocycles. The highest BCUT2D eigenvalue weighted by Crippen LogP contribution is 2.39. The first-order chi connectivity index (χ1) is 14.0. The first-order valence-electron chi connectivity index (χ1n) is 9.83. The number of rotatable bonds is 4. The molecule has 6 heteroatoms. The highest BCUT2D eigenvalue weighted by atomic mass is 79.9. The van der Waals surface area contributed by atoms with Gasteiger partial charge in [0, 0.05) is 10.5 Å². The van der Waals surface area contributed by atoms with Gasteiger partial charge >= 0.3 is 6.09 Å². The minimum absolute atomic E-state index is 0.0875. The number of carbonyl (C=O) groups excluding carboxylic acids is 1. The summed E-state index contributed by atoms with van der Waals surface area (Å²) in [5.41, 5.74) is 2.98. The number of likely N-dealkylation sites (tertiary alicyclic amines) is 1. The van der Waals surface area contributed by atoms with Gasteiger partial charge in [0.1, 0.15) is 12.4 Å². The number of ether oxygens (including phenoxy) is 1. The van der Waals surface area contributed by atoms with Gasteiger partial charge in [0.25, 0.3) is 0 Å². The Morgan fingerprint density at radius 1 is 1.17 bits per heavy atom. The van der Waals surface area contributed by atoms with Gasteiger partial charge in [-0.05, 0) is 42.5 Å². The van der Waals surface area contributed by atoms with Gasteiger partial charge in [-0.15, -0.1) is 0 Å². The lowest BCUT2D eigenvalue weighted by Gasteiger charge is -2.27. The Balaban J connectivity index is 1.52. The lowest BCUT2D eigenvalue weighted by atomic mass is 10.0. The van der Waals surface area contributed by atoms with Crippen molar-refractivity contribution in [2.24, 2.45) is 5.92 Å². The summed E-state index contributed by atoms with van der Waals surface area (Å²) < 4.78 is 6.66. The lowest BCUT2D eigenvalue weighted by Crippen LogP contribution is -2.37. The predicted molar refractivity (Wildman–Crippen MR) is 116 cm³/mol. The van der Waals surface area contributed by atoms with Gasteiger partial charge < -0.3 is 9.72 Å². The molecule has 1 unspecified atom stereocenters. The summed E-state index contributed by atoms with van der Waals surface area (Å²) in [5, 5.41) is 0. The van der Waals surface area contributed by atoms with Gasteiger partial charge in [0.15, 0.2) is 0 Å². The van der Waals surface area contributed by atoms with Crippen molar-refractivity contribution < 1.29 is 9.53 Å². The number of carbonyl (C=O) groups is 1. The molecule has 1 N–H and O–H groups in total. The zero-order valence-electron chi connectivity index (χ0n) is 16.5. The average Bonchev–Trinajstić information content (AvgIpc) is 3.33. The van der Waals surface area contributed by atoms with Crippen LogP contribution >= 0.6 is 15.9 Å². The monoisotopic (exact) mass is 453 g/mol. The molecular formula is C23H24BrN3O2. The van der Waals surface area contributed by atoms with Crippen molar-refractivity contribution in [2.45, 2.75) is 39.0 Å². The number of amides is 1. The van der Waals surface area contributed by atoms with E-state index in [0.717, 1.165) is 33.5 Å². The number of aromatic amines is 1. The van der Waals surface area contributed by atoms with E-state index in [2.05, 4.69) is 39.7 Å². The Kier molecular flexibility index (Phi) is 5.72. The van der Waals surface area contributed by atoms with Crippen LogP contribution < -0.4 is 0 Å². The van der Waals surface area contributed by atoms with Crippen LogP contribution in [-0.4, -0.2) is 27.0 Å². The third kappa shape index (κ3) is 4.22. The van der Waals surface area contributed by atoms with Crippen LogP contribution in [0.4, 0.5) is 4.79 Å². The Morgan fingerprint density at radius 2 is 1.90 bits per heavy atom. The van der Waals surface area contributed by atoms with Gasteiger partial charge in [0.05, 0.1) is 17.9 Å². The van der Waals surface area contributed by atoms with Gasteiger partial charge in [-0.2, -0.15) is 0 Å². The molecule has 29 heavy (non-hydrogen) atoms. The fourth-order valence-corrected chi connectivity index (χ4v) is 4.10. The second kappa shape index (κ2) is 8.41. The molecule has 1 amide bonds. The number of imidazole rings is 1. The molecule has 3 aromatic rings. The topological polar surface area (TPSA) is 58.2 Å². The Hall–Kier alpha value is -2.60. The second-order valence-corrected chi connectivity index (χ2v) is 8.52. The maximum atomic E-state index is 12.9. The fraction of sp³-hybridized carbons (Fsp3) is 0.304. The Morgan fingerprint density at radius 3 is 2.62 bits per heavy atom. The molecule has 0 aliphatic carbocycles. The van der Waals surface area contributed by atoms with E-state index in [-0.39, 0.29) is 24.8 Å². The number of halogens is 1. The maximum Gasteiger partial charge on any atom is 0.410 e. The quantitative estimate of drug-likeness (QED) is 0.530. The van der Waals surface area contributed by atoms with Crippen molar-refractivity contribution in [3.63, 3.8) is 0 Å². The molecule has 1 aliphatic heterocycles. The van der Waals surface area contributed by atoms with Gasteiger partial charge in [0.2, 0.25) is 0 Å². The summed E-state index contributed by atoms with van der Waals surface area (Å²) in [4.78, 5) is 22.8. The van der Waals surface area contributed by atoms with E-state index in [0.29, 0.717) is 5.92 Å². The smallest absolute Gasteiger partial charge is 0.410 e. The molecule has 2 aromatic carbocycles. The van der Waals surface area contributed by atoms with Crippen molar-refractivity contribution in [1.29, 1.82) is 0 Å². The van der Waals surface area contributed by atoms with Crippen LogP contribution in [0.5, 0.6) is 0 Å². The Bertz CT molecular complexity index is 971. The van der Waals surface area contributed by atoms with Crippen molar-refractivity contribution >= 4 is 22.0 Å². The van der Waals surface area contributed by atoms with E-state index in [1.165, 1.54) is 0 Å². The van der Waals surface area contributed by atoms with E-state index in [9.17, 15) is 4.79 Å². The number of nitrogens with zero attached hydrogens (tertiary/aromatic N) is 2. The SMILES string of the molecule is CC1[C@H](C)C[C@@H](c2ncc(-c3ccc(Br)cc3)[nH]2)N1C(=O)OCc1ccccc1. The number of aromatic nitrogens is 2. The molecule has 5 nitrogen and oxygen atoms in total. The predicted octanol–water partition coefficient (Wildman–Crippen LogP) is 5.95. The number of nitrogens with one attached hydrogen (secondary N) is 1. The van der Waals surface area contributed by atoms with E-state index in [1.54, 1.807) is 0 Å². The third-order valence-electron chi connectivity index (χ3n) is 5.68. The summed E-state index contributed by atoms with van der Waals surface area (Å²) in [6.07, 6.45) is 2.39. The summed E-state index contributed by atoms with van der Waals surface area (Å²) in [6, 6.07) is 17.8. The normalized spacial score (nSPS) is 21.3. The second-order valence-electron chi connectivity index (χ2n) is 7.61. The Labute approximate surface area is 179 Å². The van der Waals surface area contributed by atoms with E-state index in [4.69, 9.17) is 4.74 Å². The molecule has 1 saturated heterocycles. The van der Waals surface area contributed by atoms with Gasteiger partial charge in [-0.25, -0.2) is 9.78 Å². The number of hydrogen-bond acceptors (Lipinski definition) is 3. The van der Waals surface area contributed by atoms with Crippen molar-refractivity contribution in [1.82, 2.24) is 14.9 Å². The average molecular weight is 454 g/mol. The molecule has 1 aliphatic rings. The van der Waals surface area contributed by atoms with Crippen LogP contribution in [0, 0.1) is 5.92 Å². The number of H-pyrrole nitrogens is 1. The summed E-state index contributed by atoms with van der Waals surface area (Å²) in [5.74, 6) is 1.17. The number of benzene rings is 2. The molecular weight excluding hydrogens is 430 g/mol. The van der Waals surface area contributed by atoms with Crippen LogP contribution in [0.25, 0.3) is 11.3 Å². The van der Waals surface area contributed by atoms with Crippen LogP contribution in [0.2, 0.25) is 0 Å². The lowest BCUT2D eigenvalue weighted by molar-refractivity contribution is 0.0773. The number of hydrogen-bond donors (Lipinski definition) is 1. The standard InChI is InChI=1S/C23H24BrN3O2/c1-15-12-21(22-25-13-20(26-22)18-8-10-19(24)11-9-18)27(16(15)2)23(28)29-14-17-6-4-3-5-7-17/h3-11,13,15-16,21H,12,14H2,1-2H3,(H,25,26)/t15-,16?,21+/m1/s1. The van der Waals surface area contributed by atoms with Crippen LogP contribution in [0.15, 0.2) is 65.3 Å². The molecule has 3 atom stereocenters. The molecule has 150 valence electrons. The van der Waals surface area contributed by atoms with Crippen LogP contribution in [0.3, 0.4) is 0 Å². The van der Waals surface area contributed by atoms with Crippen molar-refractivity contribution in [2.75, 3.05) is 0 Å².